The number of aliphatic carboxylic acids is 1. The minimum absolute atomic E-state index is 0.0177. The summed E-state index contributed by atoms with van der Waals surface area (Å²) < 4.78 is 55.4. The summed E-state index contributed by atoms with van der Waals surface area (Å²) in [4.78, 5) is 23.4. The SMILES string of the molecule is CC(C)n1cc(-c2ccnc(C(F)(F)F)c2)c2nc(SCc3ccc(F)c(CC(=O)O)c3)ncc21. The lowest BCUT2D eigenvalue weighted by Gasteiger charge is -2.08. The van der Waals surface area contributed by atoms with Gasteiger partial charge in [-0.05, 0) is 48.7 Å². The Morgan fingerprint density at radius 2 is 1.94 bits per heavy atom. The summed E-state index contributed by atoms with van der Waals surface area (Å²) in [5.41, 5.74) is 1.83. The minimum atomic E-state index is -4.57. The van der Waals surface area contributed by atoms with Gasteiger partial charge >= 0.3 is 12.1 Å². The monoisotopic (exact) mass is 504 g/mol. The third-order valence-corrected chi connectivity index (χ3v) is 6.22. The van der Waals surface area contributed by atoms with E-state index in [9.17, 15) is 22.4 Å². The Balaban J connectivity index is 1.69. The maximum atomic E-state index is 13.9. The lowest BCUT2D eigenvalue weighted by molar-refractivity contribution is -0.141. The van der Waals surface area contributed by atoms with Gasteiger partial charge in [0.1, 0.15) is 17.0 Å². The van der Waals surface area contributed by atoms with Crippen molar-refractivity contribution in [2.75, 3.05) is 0 Å². The van der Waals surface area contributed by atoms with Gasteiger partial charge in [0.25, 0.3) is 0 Å². The molecule has 3 aromatic heterocycles. The van der Waals surface area contributed by atoms with Gasteiger partial charge in [0.05, 0.1) is 18.1 Å². The highest BCUT2D eigenvalue weighted by Gasteiger charge is 2.32. The van der Waals surface area contributed by atoms with Crippen LogP contribution < -0.4 is 0 Å². The number of benzene rings is 1. The van der Waals surface area contributed by atoms with Gasteiger partial charge in [-0.3, -0.25) is 9.78 Å². The molecule has 0 radical (unpaired) electrons. The molecule has 0 saturated carbocycles. The van der Waals surface area contributed by atoms with Crippen LogP contribution in [0.4, 0.5) is 17.6 Å². The van der Waals surface area contributed by atoms with Crippen LogP contribution in [-0.4, -0.2) is 30.6 Å². The molecule has 182 valence electrons. The van der Waals surface area contributed by atoms with Crippen molar-refractivity contribution in [3.8, 4) is 11.1 Å². The van der Waals surface area contributed by atoms with E-state index in [0.717, 1.165) is 12.3 Å². The van der Waals surface area contributed by atoms with Crippen molar-refractivity contribution in [3.05, 3.63) is 71.6 Å². The molecule has 0 aliphatic carbocycles. The molecule has 0 aliphatic heterocycles. The second-order valence-electron chi connectivity index (χ2n) is 8.14. The molecule has 1 aromatic carbocycles. The van der Waals surface area contributed by atoms with E-state index in [1.54, 1.807) is 18.5 Å². The standard InChI is InChI=1S/C24H20F4N4O2S/c1-13(2)32-11-17(15-5-6-29-20(8-15)24(26,27)28)22-19(32)10-30-23(31-22)35-12-14-3-4-18(25)16(7-14)9-21(33)34/h3-8,10-11,13H,9,12H2,1-2H3,(H,33,34). The number of carbonyl (C=O) groups is 1. The smallest absolute Gasteiger partial charge is 0.433 e. The molecule has 4 aromatic rings. The molecule has 0 aliphatic rings. The van der Waals surface area contributed by atoms with Gasteiger partial charge in [-0.15, -0.1) is 0 Å². The van der Waals surface area contributed by atoms with Gasteiger partial charge in [0, 0.05) is 29.8 Å². The number of fused-ring (bicyclic) bond motifs is 1. The first-order valence-corrected chi connectivity index (χ1v) is 11.5. The van der Waals surface area contributed by atoms with Crippen LogP contribution in [0, 0.1) is 5.82 Å². The molecular weight excluding hydrogens is 484 g/mol. The highest BCUT2D eigenvalue weighted by Crippen LogP contribution is 2.35. The summed E-state index contributed by atoms with van der Waals surface area (Å²) in [6.07, 6.45) is -0.495. The fourth-order valence-corrected chi connectivity index (χ4v) is 4.40. The van der Waals surface area contributed by atoms with Crippen LogP contribution in [0.2, 0.25) is 0 Å². The Labute approximate surface area is 202 Å². The van der Waals surface area contributed by atoms with Crippen molar-refractivity contribution in [2.24, 2.45) is 0 Å². The highest BCUT2D eigenvalue weighted by atomic mass is 32.2. The van der Waals surface area contributed by atoms with Crippen molar-refractivity contribution >= 4 is 28.8 Å². The summed E-state index contributed by atoms with van der Waals surface area (Å²) in [5.74, 6) is -1.37. The Morgan fingerprint density at radius 1 is 1.17 bits per heavy atom. The number of pyridine rings is 1. The molecule has 4 rings (SSSR count). The molecule has 0 fully saturated rings. The van der Waals surface area contributed by atoms with E-state index in [-0.39, 0.29) is 11.6 Å². The van der Waals surface area contributed by atoms with Gasteiger partial charge < -0.3 is 9.67 Å². The third kappa shape index (κ3) is 5.45. The summed E-state index contributed by atoms with van der Waals surface area (Å²) in [6, 6.07) is 6.79. The second kappa shape index (κ2) is 9.65. The van der Waals surface area contributed by atoms with Crippen LogP contribution >= 0.6 is 11.8 Å². The summed E-state index contributed by atoms with van der Waals surface area (Å²) in [6.45, 7) is 3.89. The largest absolute Gasteiger partial charge is 0.481 e. The zero-order valence-corrected chi connectivity index (χ0v) is 19.5. The van der Waals surface area contributed by atoms with E-state index in [0.29, 0.717) is 38.6 Å². The number of alkyl halides is 3. The van der Waals surface area contributed by atoms with E-state index in [4.69, 9.17) is 5.11 Å². The molecule has 1 N–H and O–H groups in total. The molecule has 0 unspecified atom stereocenters. The lowest BCUT2D eigenvalue weighted by Crippen LogP contribution is -2.07. The number of rotatable bonds is 7. The quantitative estimate of drug-likeness (QED) is 0.185. The fourth-order valence-electron chi connectivity index (χ4n) is 3.64. The van der Waals surface area contributed by atoms with Gasteiger partial charge in [-0.25, -0.2) is 14.4 Å². The molecule has 0 atom stereocenters. The minimum Gasteiger partial charge on any atom is -0.481 e. The Bertz CT molecular complexity index is 1400. The predicted octanol–water partition coefficient (Wildman–Crippen LogP) is 6.15. The molecule has 0 bridgehead atoms. The van der Waals surface area contributed by atoms with Crippen LogP contribution in [0.15, 0.2) is 54.1 Å². The Hall–Kier alpha value is -3.47. The zero-order valence-electron chi connectivity index (χ0n) is 18.7. The maximum absolute atomic E-state index is 13.9. The lowest BCUT2D eigenvalue weighted by atomic mass is 10.1. The van der Waals surface area contributed by atoms with Crippen LogP contribution in [0.1, 0.15) is 36.7 Å². The van der Waals surface area contributed by atoms with Crippen LogP contribution in [0.3, 0.4) is 0 Å². The molecule has 35 heavy (non-hydrogen) atoms. The van der Waals surface area contributed by atoms with E-state index < -0.39 is 30.1 Å². The Morgan fingerprint density at radius 3 is 2.63 bits per heavy atom. The molecule has 0 amide bonds. The first-order valence-electron chi connectivity index (χ1n) is 10.6. The van der Waals surface area contributed by atoms with E-state index >= 15 is 0 Å². The number of thioether (sulfide) groups is 1. The molecule has 0 saturated heterocycles. The topological polar surface area (TPSA) is 80.9 Å². The molecular formula is C24H20F4N4O2S. The second-order valence-corrected chi connectivity index (χ2v) is 9.09. The van der Waals surface area contributed by atoms with Crippen LogP contribution in [0.25, 0.3) is 22.2 Å². The van der Waals surface area contributed by atoms with Crippen molar-refractivity contribution < 1.29 is 27.5 Å². The van der Waals surface area contributed by atoms with E-state index in [1.165, 1.54) is 30.0 Å². The van der Waals surface area contributed by atoms with Crippen LogP contribution in [-0.2, 0) is 23.1 Å². The van der Waals surface area contributed by atoms with E-state index in [1.807, 2.05) is 18.4 Å². The number of aromatic nitrogens is 4. The van der Waals surface area contributed by atoms with Gasteiger partial charge in [-0.1, -0.05) is 23.9 Å². The molecule has 11 heteroatoms. The van der Waals surface area contributed by atoms with E-state index in [2.05, 4.69) is 15.0 Å². The summed E-state index contributed by atoms with van der Waals surface area (Å²) in [5, 5.41) is 9.34. The third-order valence-electron chi connectivity index (χ3n) is 5.29. The molecule has 0 spiro atoms. The van der Waals surface area contributed by atoms with Crippen molar-refractivity contribution in [3.63, 3.8) is 0 Å². The van der Waals surface area contributed by atoms with Crippen molar-refractivity contribution in [2.45, 2.75) is 43.4 Å². The first-order chi connectivity index (χ1) is 16.5. The average Bonchev–Trinajstić information content (AvgIpc) is 3.18. The normalized spacial score (nSPS) is 12.0. The summed E-state index contributed by atoms with van der Waals surface area (Å²) in [7, 11) is 0. The van der Waals surface area contributed by atoms with Crippen molar-refractivity contribution in [1.29, 1.82) is 0 Å². The number of hydrogen-bond acceptors (Lipinski definition) is 5. The van der Waals surface area contributed by atoms with Gasteiger partial charge in [-0.2, -0.15) is 13.2 Å². The summed E-state index contributed by atoms with van der Waals surface area (Å²) >= 11 is 1.26. The van der Waals surface area contributed by atoms with Crippen molar-refractivity contribution in [1.82, 2.24) is 19.5 Å². The number of nitrogens with zero attached hydrogens (tertiary/aromatic N) is 4. The number of carboxylic acid groups (broad SMARTS) is 1. The predicted molar refractivity (Wildman–Crippen MR) is 123 cm³/mol. The Kier molecular flexibility index (Phi) is 6.79. The highest BCUT2D eigenvalue weighted by molar-refractivity contribution is 7.98. The number of carboxylic acids is 1. The zero-order chi connectivity index (χ0) is 25.3. The molecule has 6 nitrogen and oxygen atoms in total. The molecule has 3 heterocycles. The van der Waals surface area contributed by atoms with Gasteiger partial charge in [0.15, 0.2) is 5.16 Å². The maximum Gasteiger partial charge on any atom is 0.433 e. The number of hydrogen-bond donors (Lipinski definition) is 1. The van der Waals surface area contributed by atoms with Gasteiger partial charge in [0.2, 0.25) is 0 Å². The number of halogens is 4. The average molecular weight is 505 g/mol. The first kappa shape index (κ1) is 24.6. The van der Waals surface area contributed by atoms with Crippen LogP contribution in [0.5, 0.6) is 0 Å². The fraction of sp³-hybridized carbons (Fsp3) is 0.250.